The summed E-state index contributed by atoms with van der Waals surface area (Å²) in [5, 5.41) is 11.2. The summed E-state index contributed by atoms with van der Waals surface area (Å²) in [7, 11) is 0. The van der Waals surface area contributed by atoms with E-state index in [2.05, 4.69) is 5.32 Å². The Morgan fingerprint density at radius 1 is 1.50 bits per heavy atom. The first-order valence-corrected chi connectivity index (χ1v) is 5.55. The zero-order chi connectivity index (χ0) is 13.7. The van der Waals surface area contributed by atoms with Gasteiger partial charge in [-0.25, -0.2) is 9.18 Å². The fourth-order valence-electron chi connectivity index (χ4n) is 1.52. The van der Waals surface area contributed by atoms with Gasteiger partial charge in [0.05, 0.1) is 11.3 Å². The van der Waals surface area contributed by atoms with Crippen molar-refractivity contribution in [3.63, 3.8) is 0 Å². The molecule has 5 nitrogen and oxygen atoms in total. The average Bonchev–Trinajstić information content (AvgIpc) is 2.31. The third kappa shape index (κ3) is 3.19. The first-order chi connectivity index (χ1) is 8.47. The summed E-state index contributed by atoms with van der Waals surface area (Å²) in [6.07, 6.45) is 0.909. The van der Waals surface area contributed by atoms with Crippen LogP contribution in [-0.4, -0.2) is 23.0 Å². The number of amides is 1. The van der Waals surface area contributed by atoms with Crippen LogP contribution < -0.4 is 11.1 Å². The van der Waals surface area contributed by atoms with E-state index in [1.54, 1.807) is 6.92 Å². The fraction of sp³-hybridized carbons (Fsp3) is 0.333. The number of nitrogen functional groups attached to an aromatic ring is 1. The van der Waals surface area contributed by atoms with Crippen molar-refractivity contribution < 1.29 is 19.1 Å². The van der Waals surface area contributed by atoms with Gasteiger partial charge in [0.25, 0.3) is 5.91 Å². The number of carbonyl (C=O) groups excluding carboxylic acids is 1. The van der Waals surface area contributed by atoms with Gasteiger partial charge in [0.15, 0.2) is 0 Å². The van der Waals surface area contributed by atoms with Crippen LogP contribution in [0.25, 0.3) is 0 Å². The topological polar surface area (TPSA) is 92.4 Å². The molecule has 18 heavy (non-hydrogen) atoms. The van der Waals surface area contributed by atoms with Crippen LogP contribution in [-0.2, 0) is 4.79 Å². The van der Waals surface area contributed by atoms with Crippen molar-refractivity contribution in [3.8, 4) is 0 Å². The Kier molecular flexibility index (Phi) is 4.65. The third-order valence-electron chi connectivity index (χ3n) is 2.48. The van der Waals surface area contributed by atoms with Gasteiger partial charge < -0.3 is 16.2 Å². The zero-order valence-electron chi connectivity index (χ0n) is 9.94. The van der Waals surface area contributed by atoms with Crippen molar-refractivity contribution in [1.29, 1.82) is 0 Å². The molecule has 0 saturated heterocycles. The van der Waals surface area contributed by atoms with Gasteiger partial charge in [0.2, 0.25) is 0 Å². The van der Waals surface area contributed by atoms with Crippen LogP contribution in [0.5, 0.6) is 0 Å². The molecule has 1 amide bonds. The number of para-hydroxylation sites is 1. The maximum absolute atomic E-state index is 13.2. The number of aliphatic carboxylic acids is 1. The summed E-state index contributed by atoms with van der Waals surface area (Å²) >= 11 is 0. The molecule has 0 fully saturated rings. The number of anilines is 1. The minimum atomic E-state index is -1.12. The van der Waals surface area contributed by atoms with E-state index in [0.29, 0.717) is 12.8 Å². The lowest BCUT2D eigenvalue weighted by atomic mass is 10.1. The highest BCUT2D eigenvalue weighted by molar-refractivity contribution is 6.00. The lowest BCUT2D eigenvalue weighted by molar-refractivity contribution is -0.139. The molecular weight excluding hydrogens is 239 g/mol. The molecule has 0 aliphatic carbocycles. The molecule has 1 atom stereocenters. The van der Waals surface area contributed by atoms with Crippen molar-refractivity contribution in [2.75, 3.05) is 5.73 Å². The van der Waals surface area contributed by atoms with Gasteiger partial charge in [-0.2, -0.15) is 0 Å². The second kappa shape index (κ2) is 6.00. The number of benzene rings is 1. The number of carboxylic acids is 1. The first-order valence-electron chi connectivity index (χ1n) is 5.55. The van der Waals surface area contributed by atoms with Crippen LogP contribution in [0.2, 0.25) is 0 Å². The number of rotatable bonds is 5. The Morgan fingerprint density at radius 3 is 2.72 bits per heavy atom. The molecule has 1 aromatic rings. The standard InChI is InChI=1S/C12H15FN2O3/c1-2-4-9(12(17)18)15-11(16)7-5-3-6-8(13)10(7)14/h3,5-6,9H,2,4,14H2,1H3,(H,15,16)(H,17,18)/t9-/m0/s1. The van der Waals surface area contributed by atoms with E-state index < -0.39 is 23.7 Å². The number of carbonyl (C=O) groups is 2. The van der Waals surface area contributed by atoms with E-state index >= 15 is 0 Å². The molecule has 0 aliphatic rings. The summed E-state index contributed by atoms with van der Waals surface area (Å²) in [6.45, 7) is 1.80. The van der Waals surface area contributed by atoms with Gasteiger partial charge in [-0.1, -0.05) is 19.4 Å². The van der Waals surface area contributed by atoms with E-state index in [0.717, 1.165) is 6.07 Å². The molecule has 0 saturated carbocycles. The van der Waals surface area contributed by atoms with Gasteiger partial charge in [-0.15, -0.1) is 0 Å². The van der Waals surface area contributed by atoms with Gasteiger partial charge >= 0.3 is 5.97 Å². The molecule has 0 radical (unpaired) electrons. The van der Waals surface area contributed by atoms with E-state index in [-0.39, 0.29) is 11.3 Å². The highest BCUT2D eigenvalue weighted by Crippen LogP contribution is 2.15. The minimum absolute atomic E-state index is 0.0580. The van der Waals surface area contributed by atoms with Crippen molar-refractivity contribution in [2.45, 2.75) is 25.8 Å². The fourth-order valence-corrected chi connectivity index (χ4v) is 1.52. The Labute approximate surface area is 104 Å². The Bertz CT molecular complexity index is 463. The lowest BCUT2D eigenvalue weighted by Gasteiger charge is -2.14. The molecule has 4 N–H and O–H groups in total. The van der Waals surface area contributed by atoms with Crippen molar-refractivity contribution in [1.82, 2.24) is 5.32 Å². The summed E-state index contributed by atoms with van der Waals surface area (Å²) in [5.41, 5.74) is 5.09. The molecule has 0 aromatic heterocycles. The van der Waals surface area contributed by atoms with Crippen LogP contribution >= 0.6 is 0 Å². The zero-order valence-corrected chi connectivity index (χ0v) is 9.94. The predicted molar refractivity (Wildman–Crippen MR) is 64.6 cm³/mol. The second-order valence-corrected chi connectivity index (χ2v) is 3.85. The second-order valence-electron chi connectivity index (χ2n) is 3.85. The number of halogens is 1. The summed E-state index contributed by atoms with van der Waals surface area (Å²) in [5.74, 6) is -2.52. The predicted octanol–water partition coefficient (Wildman–Crippen LogP) is 1.39. The Balaban J connectivity index is 2.87. The maximum atomic E-state index is 13.2. The van der Waals surface area contributed by atoms with Gasteiger partial charge in [0, 0.05) is 0 Å². The molecule has 1 aromatic carbocycles. The smallest absolute Gasteiger partial charge is 0.326 e. The number of hydrogen-bond donors (Lipinski definition) is 3. The van der Waals surface area contributed by atoms with E-state index in [4.69, 9.17) is 10.8 Å². The summed E-state index contributed by atoms with van der Waals surface area (Å²) in [6, 6.07) is 2.83. The van der Waals surface area contributed by atoms with Crippen LogP contribution in [0.15, 0.2) is 18.2 Å². The summed E-state index contributed by atoms with van der Waals surface area (Å²) < 4.78 is 13.2. The van der Waals surface area contributed by atoms with Crippen molar-refractivity contribution in [2.24, 2.45) is 0 Å². The molecule has 0 unspecified atom stereocenters. The number of nitrogens with two attached hydrogens (primary N) is 1. The molecule has 0 bridgehead atoms. The van der Waals surface area contributed by atoms with Gasteiger partial charge in [-0.3, -0.25) is 4.79 Å². The minimum Gasteiger partial charge on any atom is -0.480 e. The molecule has 0 spiro atoms. The highest BCUT2D eigenvalue weighted by atomic mass is 19.1. The molecule has 1 rings (SSSR count). The van der Waals surface area contributed by atoms with Gasteiger partial charge in [0.1, 0.15) is 11.9 Å². The van der Waals surface area contributed by atoms with Crippen LogP contribution in [0.3, 0.4) is 0 Å². The van der Waals surface area contributed by atoms with E-state index in [1.807, 2.05) is 0 Å². The third-order valence-corrected chi connectivity index (χ3v) is 2.48. The molecule has 98 valence electrons. The van der Waals surface area contributed by atoms with Gasteiger partial charge in [-0.05, 0) is 18.6 Å². The van der Waals surface area contributed by atoms with Crippen LogP contribution in [0.4, 0.5) is 10.1 Å². The summed E-state index contributed by atoms with van der Waals surface area (Å²) in [4.78, 5) is 22.7. The number of nitrogens with one attached hydrogen (secondary N) is 1. The lowest BCUT2D eigenvalue weighted by Crippen LogP contribution is -2.40. The highest BCUT2D eigenvalue weighted by Gasteiger charge is 2.21. The van der Waals surface area contributed by atoms with E-state index in [9.17, 15) is 14.0 Å². The van der Waals surface area contributed by atoms with E-state index in [1.165, 1.54) is 12.1 Å². The van der Waals surface area contributed by atoms with Crippen LogP contribution in [0.1, 0.15) is 30.1 Å². The average molecular weight is 254 g/mol. The molecule has 6 heteroatoms. The SMILES string of the molecule is CCC[C@H](NC(=O)c1cccc(F)c1N)C(=O)O. The number of hydrogen-bond acceptors (Lipinski definition) is 3. The first kappa shape index (κ1) is 14.0. The Hall–Kier alpha value is -2.11. The maximum Gasteiger partial charge on any atom is 0.326 e. The van der Waals surface area contributed by atoms with Crippen LogP contribution in [0, 0.1) is 5.82 Å². The van der Waals surface area contributed by atoms with Crippen molar-refractivity contribution >= 4 is 17.6 Å². The monoisotopic (exact) mass is 254 g/mol. The number of carboxylic acid groups (broad SMARTS) is 1. The molecular formula is C12H15FN2O3. The Morgan fingerprint density at radius 2 is 2.17 bits per heavy atom. The van der Waals surface area contributed by atoms with Crippen molar-refractivity contribution in [3.05, 3.63) is 29.6 Å². The molecule has 0 heterocycles. The largest absolute Gasteiger partial charge is 0.480 e. The normalized spacial score (nSPS) is 11.9. The quantitative estimate of drug-likeness (QED) is 0.692. The molecule has 0 aliphatic heterocycles.